The number of hydrogen-bond donors (Lipinski definition) is 1. The van der Waals surface area contributed by atoms with Crippen LogP contribution in [0.1, 0.15) is 46.6 Å². The molecule has 1 aromatic heterocycles. The van der Waals surface area contributed by atoms with Crippen molar-refractivity contribution in [2.24, 2.45) is 0 Å². The van der Waals surface area contributed by atoms with Gasteiger partial charge in [0.05, 0.1) is 0 Å². The van der Waals surface area contributed by atoms with Crippen LogP contribution < -0.4 is 10.1 Å². The van der Waals surface area contributed by atoms with Gasteiger partial charge in [0.2, 0.25) is 5.88 Å². The third kappa shape index (κ3) is 4.94. The molecule has 0 saturated carbocycles. The molecule has 0 aliphatic carbocycles. The maximum Gasteiger partial charge on any atom is 0.218 e. The summed E-state index contributed by atoms with van der Waals surface area (Å²) >= 11 is 3.45. The molecule has 0 saturated heterocycles. The van der Waals surface area contributed by atoms with Crippen molar-refractivity contribution in [2.75, 3.05) is 0 Å². The van der Waals surface area contributed by atoms with Gasteiger partial charge >= 0.3 is 0 Å². The standard InChI is InChI=1S/C14H23BrN2O/c1-6-14(4,5)18-13-11(8-16-10(2)3)7-12(15)9-17-13/h7,9-10,16H,6,8H2,1-5H3. The summed E-state index contributed by atoms with van der Waals surface area (Å²) in [7, 11) is 0. The maximum absolute atomic E-state index is 6.00. The Kier molecular flexibility index (Phi) is 5.60. The Hall–Kier alpha value is -0.610. The molecule has 1 N–H and O–H groups in total. The summed E-state index contributed by atoms with van der Waals surface area (Å²) in [5, 5.41) is 3.39. The number of ether oxygens (including phenoxy) is 1. The van der Waals surface area contributed by atoms with E-state index >= 15 is 0 Å². The first kappa shape index (κ1) is 15.4. The molecule has 0 atom stereocenters. The van der Waals surface area contributed by atoms with Crippen molar-refractivity contribution in [2.45, 2.75) is 59.2 Å². The number of halogens is 1. The Morgan fingerprint density at radius 1 is 1.44 bits per heavy atom. The van der Waals surface area contributed by atoms with Gasteiger partial charge in [-0.15, -0.1) is 0 Å². The molecule has 1 aromatic rings. The summed E-state index contributed by atoms with van der Waals surface area (Å²) in [6, 6.07) is 2.50. The van der Waals surface area contributed by atoms with Gasteiger partial charge in [-0.2, -0.15) is 0 Å². The second kappa shape index (κ2) is 6.53. The minimum absolute atomic E-state index is 0.187. The van der Waals surface area contributed by atoms with Gasteiger partial charge in [-0.3, -0.25) is 0 Å². The summed E-state index contributed by atoms with van der Waals surface area (Å²) in [4.78, 5) is 4.38. The lowest BCUT2D eigenvalue weighted by Gasteiger charge is -2.25. The third-order valence-corrected chi connectivity index (χ3v) is 3.25. The minimum Gasteiger partial charge on any atom is -0.471 e. The van der Waals surface area contributed by atoms with Crippen LogP contribution in [0.4, 0.5) is 0 Å². The van der Waals surface area contributed by atoms with E-state index in [0.717, 1.165) is 28.9 Å². The smallest absolute Gasteiger partial charge is 0.218 e. The van der Waals surface area contributed by atoms with Gasteiger partial charge in [0.25, 0.3) is 0 Å². The molecular formula is C14H23BrN2O. The van der Waals surface area contributed by atoms with Crippen LogP contribution >= 0.6 is 15.9 Å². The fourth-order valence-electron chi connectivity index (χ4n) is 1.34. The topological polar surface area (TPSA) is 34.1 Å². The molecule has 0 bridgehead atoms. The van der Waals surface area contributed by atoms with Crippen LogP contribution in [0.2, 0.25) is 0 Å². The Morgan fingerprint density at radius 2 is 2.11 bits per heavy atom. The molecule has 0 radical (unpaired) electrons. The number of nitrogens with one attached hydrogen (secondary N) is 1. The van der Waals surface area contributed by atoms with Crippen molar-refractivity contribution in [3.05, 3.63) is 22.3 Å². The average Bonchev–Trinajstić information content (AvgIpc) is 2.29. The van der Waals surface area contributed by atoms with Crippen LogP contribution in [0.25, 0.3) is 0 Å². The van der Waals surface area contributed by atoms with E-state index in [0.29, 0.717) is 6.04 Å². The molecule has 0 aliphatic rings. The molecule has 0 unspecified atom stereocenters. The highest BCUT2D eigenvalue weighted by molar-refractivity contribution is 9.10. The normalized spacial score (nSPS) is 11.9. The van der Waals surface area contributed by atoms with Gasteiger partial charge in [-0.05, 0) is 42.3 Å². The SMILES string of the molecule is CCC(C)(C)Oc1ncc(Br)cc1CNC(C)C. The zero-order chi connectivity index (χ0) is 13.8. The summed E-state index contributed by atoms with van der Waals surface area (Å²) in [6.45, 7) is 11.3. The fourth-order valence-corrected chi connectivity index (χ4v) is 1.71. The van der Waals surface area contributed by atoms with Crippen LogP contribution in [0.15, 0.2) is 16.7 Å². The molecule has 0 aliphatic heterocycles. The van der Waals surface area contributed by atoms with Gasteiger partial charge in [0, 0.05) is 28.8 Å². The monoisotopic (exact) mass is 314 g/mol. The number of rotatable bonds is 6. The first-order valence-electron chi connectivity index (χ1n) is 6.41. The van der Waals surface area contributed by atoms with E-state index in [1.807, 2.05) is 0 Å². The van der Waals surface area contributed by atoms with Crippen LogP contribution in [0, 0.1) is 0 Å². The predicted molar refractivity (Wildman–Crippen MR) is 78.9 cm³/mol. The van der Waals surface area contributed by atoms with Gasteiger partial charge in [0.1, 0.15) is 5.60 Å². The van der Waals surface area contributed by atoms with Crippen molar-refractivity contribution < 1.29 is 4.74 Å². The lowest BCUT2D eigenvalue weighted by Crippen LogP contribution is -2.29. The van der Waals surface area contributed by atoms with Crippen molar-refractivity contribution in [3.63, 3.8) is 0 Å². The zero-order valence-electron chi connectivity index (χ0n) is 11.9. The van der Waals surface area contributed by atoms with Crippen LogP contribution in [-0.4, -0.2) is 16.6 Å². The molecule has 0 fully saturated rings. The minimum atomic E-state index is -0.187. The number of aromatic nitrogens is 1. The highest BCUT2D eigenvalue weighted by Gasteiger charge is 2.19. The Balaban J connectivity index is 2.89. The molecule has 1 rings (SSSR count). The van der Waals surface area contributed by atoms with E-state index in [4.69, 9.17) is 4.74 Å². The lowest BCUT2D eigenvalue weighted by molar-refractivity contribution is 0.0973. The van der Waals surface area contributed by atoms with Crippen molar-refractivity contribution in [3.8, 4) is 5.88 Å². The Bertz CT molecular complexity index is 391. The molecule has 3 nitrogen and oxygen atoms in total. The molecule has 0 spiro atoms. The molecule has 18 heavy (non-hydrogen) atoms. The van der Waals surface area contributed by atoms with Crippen molar-refractivity contribution >= 4 is 15.9 Å². The first-order chi connectivity index (χ1) is 8.34. The maximum atomic E-state index is 6.00. The van der Waals surface area contributed by atoms with Crippen molar-refractivity contribution in [1.29, 1.82) is 0 Å². The average molecular weight is 315 g/mol. The molecule has 1 heterocycles. The van der Waals surface area contributed by atoms with Crippen LogP contribution in [0.3, 0.4) is 0 Å². The Labute approximate surface area is 118 Å². The van der Waals surface area contributed by atoms with Crippen LogP contribution in [-0.2, 0) is 6.54 Å². The fraction of sp³-hybridized carbons (Fsp3) is 0.643. The van der Waals surface area contributed by atoms with E-state index in [9.17, 15) is 0 Å². The molecule has 0 aromatic carbocycles. The van der Waals surface area contributed by atoms with Gasteiger partial charge in [-0.25, -0.2) is 4.98 Å². The second-order valence-corrected chi connectivity index (χ2v) is 6.28. The lowest BCUT2D eigenvalue weighted by atomic mass is 10.1. The van der Waals surface area contributed by atoms with Crippen molar-refractivity contribution in [1.82, 2.24) is 10.3 Å². The van der Waals surface area contributed by atoms with Gasteiger partial charge < -0.3 is 10.1 Å². The molecule has 102 valence electrons. The van der Waals surface area contributed by atoms with E-state index in [-0.39, 0.29) is 5.60 Å². The second-order valence-electron chi connectivity index (χ2n) is 5.37. The zero-order valence-corrected chi connectivity index (χ0v) is 13.5. The van der Waals surface area contributed by atoms with Gasteiger partial charge in [0.15, 0.2) is 0 Å². The number of hydrogen-bond acceptors (Lipinski definition) is 3. The summed E-state index contributed by atoms with van der Waals surface area (Å²) < 4.78 is 6.97. The molecular weight excluding hydrogens is 292 g/mol. The predicted octanol–water partition coefficient (Wildman–Crippen LogP) is 3.91. The summed E-state index contributed by atoms with van der Waals surface area (Å²) in [5.41, 5.74) is 0.896. The quantitative estimate of drug-likeness (QED) is 0.864. The Morgan fingerprint density at radius 3 is 2.67 bits per heavy atom. The number of nitrogens with zero attached hydrogens (tertiary/aromatic N) is 1. The number of pyridine rings is 1. The third-order valence-electron chi connectivity index (χ3n) is 2.82. The van der Waals surface area contributed by atoms with E-state index in [1.165, 1.54) is 0 Å². The largest absolute Gasteiger partial charge is 0.471 e. The van der Waals surface area contributed by atoms with E-state index in [2.05, 4.69) is 66.9 Å². The highest BCUT2D eigenvalue weighted by Crippen LogP contribution is 2.25. The van der Waals surface area contributed by atoms with E-state index in [1.54, 1.807) is 6.20 Å². The summed E-state index contributed by atoms with van der Waals surface area (Å²) in [6.07, 6.45) is 2.72. The van der Waals surface area contributed by atoms with Gasteiger partial charge in [-0.1, -0.05) is 20.8 Å². The van der Waals surface area contributed by atoms with E-state index < -0.39 is 0 Å². The first-order valence-corrected chi connectivity index (χ1v) is 7.20. The van der Waals surface area contributed by atoms with Crippen LogP contribution in [0.5, 0.6) is 5.88 Å². The molecule has 4 heteroatoms. The highest BCUT2D eigenvalue weighted by atomic mass is 79.9. The summed E-state index contributed by atoms with van der Waals surface area (Å²) in [5.74, 6) is 0.721. The molecule has 0 amide bonds.